The van der Waals surface area contributed by atoms with Crippen LogP contribution in [-0.4, -0.2) is 40.4 Å². The van der Waals surface area contributed by atoms with E-state index in [1.807, 2.05) is 0 Å². The number of aromatic nitrogens is 1. The summed E-state index contributed by atoms with van der Waals surface area (Å²) in [6.07, 6.45) is 0.533. The van der Waals surface area contributed by atoms with Gasteiger partial charge in [-0.2, -0.15) is 0 Å². The average molecular weight is 254 g/mol. The fraction of sp³-hybridized carbons (Fsp3) is 0.500. The van der Waals surface area contributed by atoms with Gasteiger partial charge in [0.15, 0.2) is 0 Å². The summed E-state index contributed by atoms with van der Waals surface area (Å²) in [6, 6.07) is 3.24. The number of pyridine rings is 1. The normalized spacial score (nSPS) is 12.3. The fourth-order valence-corrected chi connectivity index (χ4v) is 1.06. The number of anilines is 1. The predicted molar refractivity (Wildman–Crippen MR) is 66.3 cm³/mol. The van der Waals surface area contributed by atoms with Crippen LogP contribution in [0.25, 0.3) is 0 Å². The van der Waals surface area contributed by atoms with Gasteiger partial charge < -0.3 is 20.3 Å². The second kappa shape index (κ2) is 6.93. The molecule has 0 aliphatic heterocycles. The van der Waals surface area contributed by atoms with Crippen LogP contribution in [0.1, 0.15) is 13.8 Å². The highest BCUT2D eigenvalue weighted by molar-refractivity contribution is 5.91. The Bertz CT molecular complexity index is 378. The van der Waals surface area contributed by atoms with E-state index in [1.165, 1.54) is 6.20 Å². The molecule has 6 nitrogen and oxygen atoms in total. The molecule has 1 heterocycles. The third-order valence-electron chi connectivity index (χ3n) is 2.17. The number of nitrogens with zero attached hydrogens (tertiary/aromatic N) is 1. The molecule has 0 unspecified atom stereocenters. The van der Waals surface area contributed by atoms with Gasteiger partial charge in [0.25, 0.3) is 0 Å². The van der Waals surface area contributed by atoms with Gasteiger partial charge in [0.1, 0.15) is 24.3 Å². The van der Waals surface area contributed by atoms with E-state index in [0.717, 1.165) is 0 Å². The Morgan fingerprint density at radius 3 is 2.72 bits per heavy atom. The molecule has 3 N–H and O–H groups in total. The SMILES string of the molecule is CC(C)C(=O)Nc1ccc(OC[C@@H](O)CO)cn1. The predicted octanol–water partition coefficient (Wildman–Crippen LogP) is 0.408. The molecule has 6 heteroatoms. The lowest BCUT2D eigenvalue weighted by Gasteiger charge is -2.10. The highest BCUT2D eigenvalue weighted by atomic mass is 16.5. The molecule has 0 fully saturated rings. The van der Waals surface area contributed by atoms with Crippen molar-refractivity contribution in [1.29, 1.82) is 0 Å². The van der Waals surface area contributed by atoms with Crippen LogP contribution in [0.5, 0.6) is 5.75 Å². The zero-order chi connectivity index (χ0) is 13.5. The van der Waals surface area contributed by atoms with Crippen LogP contribution in [0.4, 0.5) is 5.82 Å². The lowest BCUT2D eigenvalue weighted by Crippen LogP contribution is -2.21. The molecule has 1 amide bonds. The molecule has 0 radical (unpaired) electrons. The molecule has 0 bridgehead atoms. The molecular formula is C12H18N2O4. The minimum atomic E-state index is -0.912. The van der Waals surface area contributed by atoms with Crippen molar-refractivity contribution in [2.24, 2.45) is 5.92 Å². The number of ether oxygens (including phenoxy) is 1. The van der Waals surface area contributed by atoms with Crippen molar-refractivity contribution in [2.45, 2.75) is 20.0 Å². The quantitative estimate of drug-likeness (QED) is 0.684. The van der Waals surface area contributed by atoms with Gasteiger partial charge in [0.2, 0.25) is 5.91 Å². The Kier molecular flexibility index (Phi) is 5.54. The smallest absolute Gasteiger partial charge is 0.228 e. The summed E-state index contributed by atoms with van der Waals surface area (Å²) in [6.45, 7) is 3.23. The van der Waals surface area contributed by atoms with Gasteiger partial charge in [-0.15, -0.1) is 0 Å². The largest absolute Gasteiger partial charge is 0.489 e. The van der Waals surface area contributed by atoms with Crippen LogP contribution >= 0.6 is 0 Å². The second-order valence-corrected chi connectivity index (χ2v) is 4.17. The van der Waals surface area contributed by atoms with Gasteiger partial charge in [-0.3, -0.25) is 4.79 Å². The van der Waals surface area contributed by atoms with Crippen LogP contribution < -0.4 is 10.1 Å². The van der Waals surface area contributed by atoms with Crippen molar-refractivity contribution < 1.29 is 19.7 Å². The lowest BCUT2D eigenvalue weighted by atomic mass is 10.2. The number of carbonyl (C=O) groups is 1. The minimum Gasteiger partial charge on any atom is -0.489 e. The summed E-state index contributed by atoms with van der Waals surface area (Å²) in [5.41, 5.74) is 0. The number of amides is 1. The number of rotatable bonds is 6. The maximum Gasteiger partial charge on any atom is 0.228 e. The summed E-state index contributed by atoms with van der Waals surface area (Å²) < 4.78 is 5.18. The first-order valence-corrected chi connectivity index (χ1v) is 5.71. The Morgan fingerprint density at radius 1 is 1.50 bits per heavy atom. The van der Waals surface area contributed by atoms with Crippen LogP contribution in [0.2, 0.25) is 0 Å². The van der Waals surface area contributed by atoms with Gasteiger partial charge in [0, 0.05) is 5.92 Å². The average Bonchev–Trinajstić information content (AvgIpc) is 2.37. The molecule has 1 rings (SSSR count). The minimum absolute atomic E-state index is 0.00409. The van der Waals surface area contributed by atoms with Gasteiger partial charge in [-0.1, -0.05) is 13.8 Å². The standard InChI is InChI=1S/C12H18N2O4/c1-8(2)12(17)14-11-4-3-10(5-13-11)18-7-9(16)6-15/h3-5,8-9,15-16H,6-7H2,1-2H3,(H,13,14,17)/t9-/m0/s1. The first kappa shape index (κ1) is 14.4. The summed E-state index contributed by atoms with van der Waals surface area (Å²) in [7, 11) is 0. The molecule has 0 saturated heterocycles. The van der Waals surface area contributed by atoms with E-state index < -0.39 is 6.10 Å². The van der Waals surface area contributed by atoms with E-state index in [-0.39, 0.29) is 25.0 Å². The van der Waals surface area contributed by atoms with Gasteiger partial charge >= 0.3 is 0 Å². The number of hydrogen-bond acceptors (Lipinski definition) is 5. The zero-order valence-corrected chi connectivity index (χ0v) is 10.5. The van der Waals surface area contributed by atoms with Crippen LogP contribution in [0.15, 0.2) is 18.3 Å². The highest BCUT2D eigenvalue weighted by Gasteiger charge is 2.08. The second-order valence-electron chi connectivity index (χ2n) is 4.17. The summed E-state index contributed by atoms with van der Waals surface area (Å²) in [5, 5.41) is 20.4. The van der Waals surface area contributed by atoms with Crippen LogP contribution in [0.3, 0.4) is 0 Å². The molecule has 100 valence electrons. The Morgan fingerprint density at radius 2 is 2.22 bits per heavy atom. The molecule has 0 saturated carbocycles. The number of aliphatic hydroxyl groups excluding tert-OH is 2. The molecule has 1 aromatic rings. The number of hydrogen-bond donors (Lipinski definition) is 3. The fourth-order valence-electron chi connectivity index (χ4n) is 1.06. The van der Waals surface area contributed by atoms with Crippen LogP contribution in [-0.2, 0) is 4.79 Å². The molecular weight excluding hydrogens is 236 g/mol. The summed E-state index contributed by atoms with van der Waals surface area (Å²) in [5.74, 6) is 0.697. The molecule has 0 aliphatic rings. The third-order valence-corrected chi connectivity index (χ3v) is 2.17. The van der Waals surface area contributed by atoms with E-state index in [2.05, 4.69) is 10.3 Å². The van der Waals surface area contributed by atoms with Crippen molar-refractivity contribution in [3.63, 3.8) is 0 Å². The number of carbonyl (C=O) groups excluding carboxylic acids is 1. The molecule has 1 atom stereocenters. The first-order valence-electron chi connectivity index (χ1n) is 5.71. The summed E-state index contributed by atoms with van der Waals surface area (Å²) >= 11 is 0. The van der Waals surface area contributed by atoms with E-state index in [1.54, 1.807) is 26.0 Å². The number of nitrogens with one attached hydrogen (secondary N) is 1. The van der Waals surface area contributed by atoms with E-state index in [9.17, 15) is 4.79 Å². The Balaban J connectivity index is 2.50. The maximum atomic E-state index is 11.4. The lowest BCUT2D eigenvalue weighted by molar-refractivity contribution is -0.118. The molecule has 0 aliphatic carbocycles. The molecule has 0 spiro atoms. The highest BCUT2D eigenvalue weighted by Crippen LogP contribution is 2.13. The topological polar surface area (TPSA) is 91.7 Å². The van der Waals surface area contributed by atoms with Crippen molar-refractivity contribution in [3.05, 3.63) is 18.3 Å². The van der Waals surface area contributed by atoms with Crippen molar-refractivity contribution in [2.75, 3.05) is 18.5 Å². The molecule has 18 heavy (non-hydrogen) atoms. The van der Waals surface area contributed by atoms with Crippen molar-refractivity contribution >= 4 is 11.7 Å². The first-order chi connectivity index (χ1) is 8.52. The zero-order valence-electron chi connectivity index (χ0n) is 10.5. The van der Waals surface area contributed by atoms with E-state index >= 15 is 0 Å². The monoisotopic (exact) mass is 254 g/mol. The van der Waals surface area contributed by atoms with E-state index in [0.29, 0.717) is 11.6 Å². The third kappa shape index (κ3) is 4.68. The van der Waals surface area contributed by atoms with Crippen molar-refractivity contribution in [3.8, 4) is 5.75 Å². The molecule has 1 aromatic heterocycles. The summed E-state index contributed by atoms with van der Waals surface area (Å²) in [4.78, 5) is 15.4. The number of aliphatic hydroxyl groups is 2. The Hall–Kier alpha value is -1.66. The van der Waals surface area contributed by atoms with Crippen molar-refractivity contribution in [1.82, 2.24) is 4.98 Å². The van der Waals surface area contributed by atoms with Crippen LogP contribution in [0, 0.1) is 5.92 Å². The van der Waals surface area contributed by atoms with E-state index in [4.69, 9.17) is 14.9 Å². The maximum absolute atomic E-state index is 11.4. The van der Waals surface area contributed by atoms with Gasteiger partial charge in [-0.05, 0) is 12.1 Å². The molecule has 0 aromatic carbocycles. The van der Waals surface area contributed by atoms with Gasteiger partial charge in [0.05, 0.1) is 12.8 Å². The Labute approximate surface area is 106 Å². The van der Waals surface area contributed by atoms with Gasteiger partial charge in [-0.25, -0.2) is 4.98 Å².